The van der Waals surface area contributed by atoms with E-state index in [4.69, 9.17) is 10.5 Å². The maximum absolute atomic E-state index is 12.5. The van der Waals surface area contributed by atoms with Gasteiger partial charge < -0.3 is 10.5 Å². The molecular formula is C12H17BrN2O3S. The second kappa shape index (κ2) is 5.88. The molecule has 1 saturated heterocycles. The zero-order valence-corrected chi connectivity index (χ0v) is 13.1. The fourth-order valence-electron chi connectivity index (χ4n) is 2.13. The molecule has 0 saturated carbocycles. The monoisotopic (exact) mass is 348 g/mol. The van der Waals surface area contributed by atoms with E-state index in [2.05, 4.69) is 15.9 Å². The fourth-order valence-corrected chi connectivity index (χ4v) is 4.70. The average Bonchev–Trinajstić information content (AvgIpc) is 2.87. The topological polar surface area (TPSA) is 72.6 Å². The summed E-state index contributed by atoms with van der Waals surface area (Å²) < 4.78 is 32.3. The van der Waals surface area contributed by atoms with Crippen LogP contribution in [0.2, 0.25) is 0 Å². The van der Waals surface area contributed by atoms with Crippen LogP contribution in [0.15, 0.2) is 27.6 Å². The highest BCUT2D eigenvalue weighted by atomic mass is 79.9. The lowest BCUT2D eigenvalue weighted by atomic mass is 10.2. The lowest BCUT2D eigenvalue weighted by molar-refractivity contribution is 0.115. The van der Waals surface area contributed by atoms with Gasteiger partial charge in [0.15, 0.2) is 0 Å². The van der Waals surface area contributed by atoms with Crippen molar-refractivity contribution in [3.8, 4) is 0 Å². The van der Waals surface area contributed by atoms with E-state index >= 15 is 0 Å². The molecule has 0 aromatic heterocycles. The zero-order chi connectivity index (χ0) is 14.0. The first-order valence-corrected chi connectivity index (χ1v) is 8.23. The SMILES string of the molecule is COC1CCN(S(=O)(=O)c2ccc(CN)cc2Br)C1. The van der Waals surface area contributed by atoms with Gasteiger partial charge in [-0.3, -0.25) is 0 Å². The number of halogens is 1. The van der Waals surface area contributed by atoms with Crippen molar-refractivity contribution in [3.05, 3.63) is 28.2 Å². The quantitative estimate of drug-likeness (QED) is 0.890. The standard InChI is InChI=1S/C12H17BrN2O3S/c1-18-10-4-5-15(8-10)19(16,17)12-3-2-9(7-14)6-11(12)13/h2-3,6,10H,4-5,7-8,14H2,1H3. The molecule has 0 radical (unpaired) electrons. The summed E-state index contributed by atoms with van der Waals surface area (Å²) in [6, 6.07) is 5.08. The molecule has 7 heteroatoms. The molecule has 1 aromatic carbocycles. The highest BCUT2D eigenvalue weighted by Gasteiger charge is 2.33. The van der Waals surface area contributed by atoms with E-state index in [1.54, 1.807) is 25.3 Å². The molecule has 2 N–H and O–H groups in total. The largest absolute Gasteiger partial charge is 0.380 e. The summed E-state index contributed by atoms with van der Waals surface area (Å²) in [5, 5.41) is 0. The molecule has 2 rings (SSSR count). The molecular weight excluding hydrogens is 332 g/mol. The third-order valence-electron chi connectivity index (χ3n) is 3.29. The average molecular weight is 349 g/mol. The van der Waals surface area contributed by atoms with Gasteiger partial charge in [-0.1, -0.05) is 6.07 Å². The molecule has 19 heavy (non-hydrogen) atoms. The predicted octanol–water partition coefficient (Wildman–Crippen LogP) is 1.32. The smallest absolute Gasteiger partial charge is 0.244 e. The maximum atomic E-state index is 12.5. The summed E-state index contributed by atoms with van der Waals surface area (Å²) in [6.45, 7) is 1.28. The molecule has 1 heterocycles. The third kappa shape index (κ3) is 3.00. The van der Waals surface area contributed by atoms with Crippen LogP contribution in [0, 0.1) is 0 Å². The van der Waals surface area contributed by atoms with E-state index in [0.29, 0.717) is 24.1 Å². The minimum absolute atomic E-state index is 0.0168. The van der Waals surface area contributed by atoms with Gasteiger partial charge >= 0.3 is 0 Å². The normalized spacial score (nSPS) is 20.9. The molecule has 1 aliphatic rings. The third-order valence-corrected chi connectivity index (χ3v) is 6.13. The van der Waals surface area contributed by atoms with E-state index in [-0.39, 0.29) is 11.0 Å². The Bertz CT molecular complexity index is 562. The first-order chi connectivity index (χ1) is 8.98. The fraction of sp³-hybridized carbons (Fsp3) is 0.500. The van der Waals surface area contributed by atoms with Crippen LogP contribution in [0.3, 0.4) is 0 Å². The Morgan fingerprint density at radius 3 is 2.79 bits per heavy atom. The second-order valence-corrected chi connectivity index (χ2v) is 7.24. The van der Waals surface area contributed by atoms with E-state index < -0.39 is 10.0 Å². The summed E-state index contributed by atoms with van der Waals surface area (Å²) in [5.74, 6) is 0. The number of methoxy groups -OCH3 is 1. The van der Waals surface area contributed by atoms with Crippen LogP contribution < -0.4 is 5.73 Å². The van der Waals surface area contributed by atoms with E-state index in [0.717, 1.165) is 12.0 Å². The number of sulfonamides is 1. The number of rotatable bonds is 4. The number of ether oxygens (including phenoxy) is 1. The molecule has 0 amide bonds. The molecule has 1 aliphatic heterocycles. The van der Waals surface area contributed by atoms with Gasteiger partial charge in [0.2, 0.25) is 10.0 Å². The Hall–Kier alpha value is -0.470. The minimum Gasteiger partial charge on any atom is -0.380 e. The number of benzene rings is 1. The molecule has 0 bridgehead atoms. The van der Waals surface area contributed by atoms with Crippen LogP contribution in [0.5, 0.6) is 0 Å². The second-order valence-electron chi connectivity index (χ2n) is 4.48. The lowest BCUT2D eigenvalue weighted by Crippen LogP contribution is -2.30. The predicted molar refractivity (Wildman–Crippen MR) is 76.2 cm³/mol. The van der Waals surface area contributed by atoms with Gasteiger partial charge in [0.25, 0.3) is 0 Å². The molecule has 1 atom stereocenters. The van der Waals surface area contributed by atoms with Crippen LogP contribution in [0.4, 0.5) is 0 Å². The van der Waals surface area contributed by atoms with E-state index in [1.807, 2.05) is 0 Å². The number of hydrogen-bond acceptors (Lipinski definition) is 4. The minimum atomic E-state index is -3.47. The van der Waals surface area contributed by atoms with Crippen LogP contribution in [-0.4, -0.2) is 39.0 Å². The van der Waals surface area contributed by atoms with E-state index in [1.165, 1.54) is 4.31 Å². The molecule has 1 fully saturated rings. The molecule has 1 aromatic rings. The van der Waals surface area contributed by atoms with E-state index in [9.17, 15) is 8.42 Å². The number of nitrogens with two attached hydrogens (primary N) is 1. The van der Waals surface area contributed by atoms with Crippen LogP contribution in [0.25, 0.3) is 0 Å². The lowest BCUT2D eigenvalue weighted by Gasteiger charge is -2.17. The van der Waals surface area contributed by atoms with Crippen molar-refractivity contribution in [3.63, 3.8) is 0 Å². The first kappa shape index (κ1) is 14.9. The Morgan fingerprint density at radius 1 is 1.53 bits per heavy atom. The van der Waals surface area contributed by atoms with Crippen LogP contribution >= 0.6 is 15.9 Å². The molecule has 0 aliphatic carbocycles. The number of nitrogens with zero attached hydrogens (tertiary/aromatic N) is 1. The van der Waals surface area contributed by atoms with Gasteiger partial charge in [-0.2, -0.15) is 4.31 Å². The van der Waals surface area contributed by atoms with Crippen molar-refractivity contribution in [2.75, 3.05) is 20.2 Å². The Balaban J connectivity index is 2.30. The maximum Gasteiger partial charge on any atom is 0.244 e. The Labute approximate surface area is 121 Å². The highest BCUT2D eigenvalue weighted by molar-refractivity contribution is 9.10. The van der Waals surface area contributed by atoms with Gasteiger partial charge in [0.1, 0.15) is 0 Å². The molecule has 106 valence electrons. The van der Waals surface area contributed by atoms with Gasteiger partial charge in [-0.15, -0.1) is 0 Å². The van der Waals surface area contributed by atoms with Crippen molar-refractivity contribution >= 4 is 26.0 Å². The number of hydrogen-bond donors (Lipinski definition) is 1. The Morgan fingerprint density at radius 2 is 2.26 bits per heavy atom. The van der Waals surface area contributed by atoms with Crippen molar-refractivity contribution < 1.29 is 13.2 Å². The summed E-state index contributed by atoms with van der Waals surface area (Å²) in [4.78, 5) is 0.279. The molecule has 5 nitrogen and oxygen atoms in total. The molecule has 1 unspecified atom stereocenters. The van der Waals surface area contributed by atoms with Gasteiger partial charge in [-0.25, -0.2) is 8.42 Å². The Kier molecular flexibility index (Phi) is 4.62. The van der Waals surface area contributed by atoms with Crippen LogP contribution in [-0.2, 0) is 21.3 Å². The van der Waals surface area contributed by atoms with Crippen molar-refractivity contribution in [2.24, 2.45) is 5.73 Å². The summed E-state index contributed by atoms with van der Waals surface area (Å²) in [7, 11) is -1.87. The van der Waals surface area contributed by atoms with Crippen LogP contribution in [0.1, 0.15) is 12.0 Å². The summed E-state index contributed by atoms with van der Waals surface area (Å²) in [6.07, 6.45) is 0.714. The van der Waals surface area contributed by atoms with Crippen molar-refractivity contribution in [2.45, 2.75) is 24.0 Å². The summed E-state index contributed by atoms with van der Waals surface area (Å²) >= 11 is 3.31. The van der Waals surface area contributed by atoms with Gasteiger partial charge in [-0.05, 0) is 40.0 Å². The zero-order valence-electron chi connectivity index (χ0n) is 10.7. The first-order valence-electron chi connectivity index (χ1n) is 6.00. The molecule has 0 spiro atoms. The summed E-state index contributed by atoms with van der Waals surface area (Å²) in [5.41, 5.74) is 6.43. The van der Waals surface area contributed by atoms with Gasteiger partial charge in [0.05, 0.1) is 11.0 Å². The highest BCUT2D eigenvalue weighted by Crippen LogP contribution is 2.28. The van der Waals surface area contributed by atoms with Crippen molar-refractivity contribution in [1.82, 2.24) is 4.31 Å². The van der Waals surface area contributed by atoms with Gasteiger partial charge in [0, 0.05) is 31.2 Å². The van der Waals surface area contributed by atoms with Crippen molar-refractivity contribution in [1.29, 1.82) is 0 Å².